The number of hydrogen-bond donors (Lipinski definition) is 2. The molecule has 0 aromatic carbocycles. The van der Waals surface area contributed by atoms with Crippen molar-refractivity contribution in [1.29, 1.82) is 0 Å². The Hall–Kier alpha value is -2.55. The summed E-state index contributed by atoms with van der Waals surface area (Å²) in [5.74, 6) is -0.824. The van der Waals surface area contributed by atoms with Gasteiger partial charge in [-0.15, -0.1) is 0 Å². The molecule has 10 heteroatoms. The van der Waals surface area contributed by atoms with Gasteiger partial charge in [0.15, 0.2) is 6.10 Å². The molecule has 0 saturated heterocycles. The van der Waals surface area contributed by atoms with Crippen LogP contribution in [0.4, 0.5) is 0 Å². The maximum atomic E-state index is 12.7. The van der Waals surface area contributed by atoms with Crippen molar-refractivity contribution >= 4 is 19.8 Å². The molecule has 0 heterocycles. The average Bonchev–Trinajstić information content (AvgIpc) is 3.36. The lowest BCUT2D eigenvalue weighted by molar-refractivity contribution is -0.161. The van der Waals surface area contributed by atoms with Crippen LogP contribution >= 0.6 is 7.82 Å². The molecule has 3 N–H and O–H groups in total. The van der Waals surface area contributed by atoms with E-state index in [4.69, 9.17) is 24.3 Å². The summed E-state index contributed by atoms with van der Waals surface area (Å²) >= 11 is 0. The summed E-state index contributed by atoms with van der Waals surface area (Å²) < 4.78 is 33.1. The molecule has 9 nitrogen and oxygen atoms in total. The zero-order chi connectivity index (χ0) is 51.7. The summed E-state index contributed by atoms with van der Waals surface area (Å²) in [6.45, 7) is 3.65. The Morgan fingerprint density at radius 1 is 0.437 bits per heavy atom. The number of carbonyl (C=O) groups is 2. The molecule has 0 saturated carbocycles. The van der Waals surface area contributed by atoms with Gasteiger partial charge in [0.1, 0.15) is 6.61 Å². The van der Waals surface area contributed by atoms with Gasteiger partial charge < -0.3 is 20.1 Å². The molecule has 0 aromatic rings. The maximum absolute atomic E-state index is 12.7. The molecule has 0 bridgehead atoms. The Balaban J connectivity index is 3.96. The molecule has 0 rings (SSSR count). The van der Waals surface area contributed by atoms with Crippen molar-refractivity contribution in [2.24, 2.45) is 5.73 Å². The number of phosphoric ester groups is 1. The van der Waals surface area contributed by atoms with E-state index in [1.54, 1.807) is 0 Å². The number of phosphoric acid groups is 1. The number of nitrogens with two attached hydrogens (primary N) is 1. The zero-order valence-corrected chi connectivity index (χ0v) is 46.8. The SMILES string of the molecule is CC/C=C\C/C=C\C/C=C\C/C=C\CCCCCCCCCCCCCCCCC(=O)OC(COC(=O)CCCCCCCCCCCCC/C=C\C/C=C\CCCCCCC)COP(=O)(O)OCCN. The largest absolute Gasteiger partial charge is 0.472 e. The maximum Gasteiger partial charge on any atom is 0.472 e. The molecule has 0 aromatic heterocycles. The van der Waals surface area contributed by atoms with Gasteiger partial charge in [0.05, 0.1) is 13.2 Å². The number of allylic oxidation sites excluding steroid dienone is 12. The van der Waals surface area contributed by atoms with Crippen LogP contribution in [0.2, 0.25) is 0 Å². The van der Waals surface area contributed by atoms with Crippen molar-refractivity contribution in [1.82, 2.24) is 0 Å². The second kappa shape index (κ2) is 56.7. The fourth-order valence-corrected chi connectivity index (χ4v) is 9.01. The minimum atomic E-state index is -4.39. The van der Waals surface area contributed by atoms with E-state index in [2.05, 4.69) is 86.8 Å². The van der Waals surface area contributed by atoms with Crippen LogP contribution in [0.5, 0.6) is 0 Å². The number of unbranched alkanes of at least 4 members (excludes halogenated alkanes) is 30. The zero-order valence-electron chi connectivity index (χ0n) is 45.9. The number of hydrogen-bond acceptors (Lipinski definition) is 8. The van der Waals surface area contributed by atoms with Crippen molar-refractivity contribution < 1.29 is 37.6 Å². The highest BCUT2D eigenvalue weighted by molar-refractivity contribution is 7.47. The Bertz CT molecular complexity index is 1390. The van der Waals surface area contributed by atoms with Gasteiger partial charge in [-0.25, -0.2) is 4.57 Å². The van der Waals surface area contributed by atoms with Crippen molar-refractivity contribution in [2.75, 3.05) is 26.4 Å². The molecule has 71 heavy (non-hydrogen) atoms. The highest BCUT2D eigenvalue weighted by atomic mass is 31.2. The van der Waals surface area contributed by atoms with Crippen LogP contribution in [0.15, 0.2) is 72.9 Å². The van der Waals surface area contributed by atoms with E-state index < -0.39 is 26.5 Å². The van der Waals surface area contributed by atoms with Gasteiger partial charge in [-0.05, 0) is 83.5 Å². The molecular weight excluding hydrogens is 906 g/mol. The first-order valence-electron chi connectivity index (χ1n) is 29.4. The van der Waals surface area contributed by atoms with E-state index in [-0.39, 0.29) is 38.6 Å². The van der Waals surface area contributed by atoms with Gasteiger partial charge in [0, 0.05) is 19.4 Å². The lowest BCUT2D eigenvalue weighted by Gasteiger charge is -2.19. The van der Waals surface area contributed by atoms with Gasteiger partial charge in [-0.2, -0.15) is 0 Å². The summed E-state index contributed by atoms with van der Waals surface area (Å²) in [6.07, 6.45) is 72.4. The van der Waals surface area contributed by atoms with Crippen LogP contribution in [-0.2, 0) is 32.7 Å². The highest BCUT2D eigenvalue weighted by Crippen LogP contribution is 2.43. The molecule has 0 spiro atoms. The fraction of sp³-hybridized carbons (Fsp3) is 0.770. The van der Waals surface area contributed by atoms with Crippen LogP contribution in [0, 0.1) is 0 Å². The van der Waals surface area contributed by atoms with Crippen LogP contribution < -0.4 is 5.73 Å². The molecule has 0 radical (unpaired) electrons. The molecular formula is C61H110NO8P. The van der Waals surface area contributed by atoms with E-state index in [9.17, 15) is 19.0 Å². The molecule has 0 fully saturated rings. The van der Waals surface area contributed by atoms with E-state index in [0.29, 0.717) is 6.42 Å². The lowest BCUT2D eigenvalue weighted by atomic mass is 10.0. The molecule has 0 aliphatic rings. The first kappa shape index (κ1) is 68.5. The van der Waals surface area contributed by atoms with Crippen molar-refractivity contribution in [3.8, 4) is 0 Å². The molecule has 0 aliphatic carbocycles. The van der Waals surface area contributed by atoms with Gasteiger partial charge in [0.2, 0.25) is 0 Å². The standard InChI is InChI=1S/C61H110NO8P/c1-3-5-7-9-11-13-15-17-19-21-23-25-27-28-29-30-32-34-36-38-40-42-44-46-48-50-52-54-61(64)70-59(58-69-71(65,66)68-56-55-62)57-67-60(63)53-51-49-47-45-43-41-39-37-35-33-31-26-24-22-20-18-16-14-12-10-8-6-4-2/h5,7,11,13,16-19,22-25,59H,3-4,6,8-10,12,14-15,20-21,26-58,62H2,1-2H3,(H,65,66)/b7-5-,13-11-,18-16-,19-17-,24-22-,25-23-. The Kier molecular flexibility index (Phi) is 54.7. The third-order valence-corrected chi connectivity index (χ3v) is 13.6. The second-order valence-electron chi connectivity index (χ2n) is 19.5. The minimum Gasteiger partial charge on any atom is -0.462 e. The molecule has 0 aliphatic heterocycles. The van der Waals surface area contributed by atoms with E-state index in [0.717, 1.165) is 70.6 Å². The van der Waals surface area contributed by atoms with E-state index in [1.807, 2.05) is 0 Å². The third kappa shape index (κ3) is 56.6. The number of ether oxygens (including phenoxy) is 2. The summed E-state index contributed by atoms with van der Waals surface area (Å²) in [6, 6.07) is 0. The third-order valence-electron chi connectivity index (χ3n) is 12.6. The second-order valence-corrected chi connectivity index (χ2v) is 20.9. The normalized spacial score (nSPS) is 13.6. The summed E-state index contributed by atoms with van der Waals surface area (Å²) in [5, 5.41) is 0. The average molecular weight is 1020 g/mol. The Morgan fingerprint density at radius 3 is 1.15 bits per heavy atom. The quantitative estimate of drug-likeness (QED) is 0.0264. The first-order chi connectivity index (χ1) is 34.8. The van der Waals surface area contributed by atoms with E-state index >= 15 is 0 Å². The molecule has 2 unspecified atom stereocenters. The predicted molar refractivity (Wildman–Crippen MR) is 302 cm³/mol. The van der Waals surface area contributed by atoms with Crippen LogP contribution in [-0.4, -0.2) is 49.3 Å². The number of carbonyl (C=O) groups excluding carboxylic acids is 2. The summed E-state index contributed by atoms with van der Waals surface area (Å²) in [4.78, 5) is 35.2. The first-order valence-corrected chi connectivity index (χ1v) is 30.9. The lowest BCUT2D eigenvalue weighted by Crippen LogP contribution is -2.29. The van der Waals surface area contributed by atoms with Crippen LogP contribution in [0.1, 0.15) is 271 Å². The van der Waals surface area contributed by atoms with E-state index in [1.165, 1.54) is 167 Å². The van der Waals surface area contributed by atoms with Crippen LogP contribution in [0.3, 0.4) is 0 Å². The van der Waals surface area contributed by atoms with Gasteiger partial charge in [0.25, 0.3) is 0 Å². The molecule has 412 valence electrons. The Labute approximate surface area is 437 Å². The van der Waals surface area contributed by atoms with Gasteiger partial charge >= 0.3 is 19.8 Å². The summed E-state index contributed by atoms with van der Waals surface area (Å²) in [5.41, 5.74) is 5.38. The molecule has 0 amide bonds. The predicted octanol–water partition coefficient (Wildman–Crippen LogP) is 18.5. The smallest absolute Gasteiger partial charge is 0.462 e. The van der Waals surface area contributed by atoms with Gasteiger partial charge in [-0.1, -0.05) is 247 Å². The van der Waals surface area contributed by atoms with Crippen molar-refractivity contribution in [3.05, 3.63) is 72.9 Å². The van der Waals surface area contributed by atoms with Crippen molar-refractivity contribution in [3.63, 3.8) is 0 Å². The highest BCUT2D eigenvalue weighted by Gasteiger charge is 2.26. The minimum absolute atomic E-state index is 0.0514. The van der Waals surface area contributed by atoms with Gasteiger partial charge in [-0.3, -0.25) is 18.6 Å². The monoisotopic (exact) mass is 1020 g/mol. The van der Waals surface area contributed by atoms with Crippen LogP contribution in [0.25, 0.3) is 0 Å². The summed E-state index contributed by atoms with van der Waals surface area (Å²) in [7, 11) is -4.39. The topological polar surface area (TPSA) is 134 Å². The Morgan fingerprint density at radius 2 is 0.775 bits per heavy atom. The number of esters is 2. The fourth-order valence-electron chi connectivity index (χ4n) is 8.25. The molecule has 2 atom stereocenters. The van der Waals surface area contributed by atoms with Crippen molar-refractivity contribution in [2.45, 2.75) is 277 Å². The number of rotatable bonds is 55.